The number of nitrogens with zero attached hydrogens (tertiary/aromatic N) is 2. The van der Waals surface area contributed by atoms with E-state index in [1.165, 1.54) is 24.5 Å². The molecular formula is C16H20FN5O. The third-order valence-electron chi connectivity index (χ3n) is 3.52. The highest BCUT2D eigenvalue weighted by Gasteiger charge is 2.45. The standard InChI is InChI=1S/C14H14FN5O.C2H6/c15-11-3-1-2-10(6-11)14(4-5-14)19-13-17-7-9(8-18-13)12(21)20-16;1-2/h1-3,6-8H,4-5,16H2,(H,20,21)(H,17,18,19);1-2H3. The number of aromatic nitrogens is 2. The zero-order chi connectivity index (χ0) is 16.9. The number of rotatable bonds is 4. The Labute approximate surface area is 134 Å². The van der Waals surface area contributed by atoms with Crippen LogP contribution in [-0.2, 0) is 5.54 Å². The highest BCUT2D eigenvalue weighted by Crippen LogP contribution is 2.47. The second-order valence-electron chi connectivity index (χ2n) is 4.99. The monoisotopic (exact) mass is 317 g/mol. The molecule has 0 saturated heterocycles. The van der Waals surface area contributed by atoms with Crippen molar-refractivity contribution in [1.82, 2.24) is 15.4 Å². The number of hydrogen-bond acceptors (Lipinski definition) is 5. The quantitative estimate of drug-likeness (QED) is 0.457. The van der Waals surface area contributed by atoms with E-state index in [0.29, 0.717) is 5.95 Å². The van der Waals surface area contributed by atoms with Crippen LogP contribution in [0.1, 0.15) is 42.6 Å². The van der Waals surface area contributed by atoms with Crippen LogP contribution < -0.4 is 16.6 Å². The van der Waals surface area contributed by atoms with Gasteiger partial charge in [-0.3, -0.25) is 10.2 Å². The topological polar surface area (TPSA) is 92.9 Å². The molecule has 4 N–H and O–H groups in total. The molecule has 1 aliphatic carbocycles. The van der Waals surface area contributed by atoms with E-state index in [1.54, 1.807) is 6.07 Å². The van der Waals surface area contributed by atoms with Crippen LogP contribution in [0.3, 0.4) is 0 Å². The zero-order valence-corrected chi connectivity index (χ0v) is 13.1. The lowest BCUT2D eigenvalue weighted by molar-refractivity contribution is 0.0953. The van der Waals surface area contributed by atoms with Gasteiger partial charge in [0, 0.05) is 12.4 Å². The number of amides is 1. The van der Waals surface area contributed by atoms with Crippen LogP contribution in [0.4, 0.5) is 10.3 Å². The van der Waals surface area contributed by atoms with Crippen LogP contribution in [0.25, 0.3) is 0 Å². The van der Waals surface area contributed by atoms with Crippen molar-refractivity contribution in [2.24, 2.45) is 5.84 Å². The van der Waals surface area contributed by atoms with Gasteiger partial charge in [0.15, 0.2) is 0 Å². The Morgan fingerprint density at radius 1 is 1.26 bits per heavy atom. The van der Waals surface area contributed by atoms with Gasteiger partial charge >= 0.3 is 0 Å². The zero-order valence-electron chi connectivity index (χ0n) is 13.1. The second-order valence-corrected chi connectivity index (χ2v) is 4.99. The Bertz CT molecular complexity index is 670. The average molecular weight is 317 g/mol. The van der Waals surface area contributed by atoms with Crippen molar-refractivity contribution >= 4 is 11.9 Å². The molecule has 1 amide bonds. The largest absolute Gasteiger partial charge is 0.345 e. The molecule has 3 rings (SSSR count). The summed E-state index contributed by atoms with van der Waals surface area (Å²) < 4.78 is 13.3. The molecule has 122 valence electrons. The van der Waals surface area contributed by atoms with Crippen molar-refractivity contribution in [3.05, 3.63) is 53.6 Å². The summed E-state index contributed by atoms with van der Waals surface area (Å²) in [5.74, 6) is 4.71. The summed E-state index contributed by atoms with van der Waals surface area (Å²) in [5, 5.41) is 3.21. The molecule has 1 saturated carbocycles. The molecular weight excluding hydrogens is 297 g/mol. The van der Waals surface area contributed by atoms with Crippen LogP contribution in [0.2, 0.25) is 0 Å². The van der Waals surface area contributed by atoms with E-state index in [0.717, 1.165) is 18.4 Å². The van der Waals surface area contributed by atoms with Gasteiger partial charge in [-0.05, 0) is 30.5 Å². The number of anilines is 1. The van der Waals surface area contributed by atoms with Crippen LogP contribution >= 0.6 is 0 Å². The predicted octanol–water partition coefficient (Wildman–Crippen LogP) is 2.35. The molecule has 2 aromatic rings. The van der Waals surface area contributed by atoms with Crippen molar-refractivity contribution in [3.63, 3.8) is 0 Å². The fraction of sp³-hybridized carbons (Fsp3) is 0.312. The SMILES string of the molecule is CC.NNC(=O)c1cnc(NC2(c3cccc(F)c3)CC2)nc1. The van der Waals surface area contributed by atoms with Gasteiger partial charge in [0.25, 0.3) is 5.91 Å². The van der Waals surface area contributed by atoms with E-state index in [2.05, 4.69) is 15.3 Å². The van der Waals surface area contributed by atoms with Gasteiger partial charge < -0.3 is 5.32 Å². The maximum absolute atomic E-state index is 13.3. The predicted molar refractivity (Wildman–Crippen MR) is 86.0 cm³/mol. The summed E-state index contributed by atoms with van der Waals surface area (Å²) >= 11 is 0. The first kappa shape index (κ1) is 16.8. The molecule has 0 atom stereocenters. The number of halogens is 1. The first-order valence-electron chi connectivity index (χ1n) is 7.50. The van der Waals surface area contributed by atoms with Gasteiger partial charge in [0.05, 0.1) is 11.1 Å². The lowest BCUT2D eigenvalue weighted by atomic mass is 10.1. The third-order valence-corrected chi connectivity index (χ3v) is 3.52. The Morgan fingerprint density at radius 2 is 1.91 bits per heavy atom. The van der Waals surface area contributed by atoms with E-state index in [-0.39, 0.29) is 16.9 Å². The molecule has 6 nitrogen and oxygen atoms in total. The summed E-state index contributed by atoms with van der Waals surface area (Å²) in [6.45, 7) is 4.00. The molecule has 1 aromatic carbocycles. The first-order chi connectivity index (χ1) is 11.1. The smallest absolute Gasteiger partial charge is 0.268 e. The van der Waals surface area contributed by atoms with Gasteiger partial charge in [0.1, 0.15) is 5.82 Å². The number of benzene rings is 1. The molecule has 0 unspecified atom stereocenters. The Hall–Kier alpha value is -2.54. The highest BCUT2D eigenvalue weighted by atomic mass is 19.1. The third kappa shape index (κ3) is 3.81. The lowest BCUT2D eigenvalue weighted by Gasteiger charge is -2.17. The number of hydrogen-bond donors (Lipinski definition) is 3. The molecule has 0 aliphatic heterocycles. The number of hydrazine groups is 1. The fourth-order valence-corrected chi connectivity index (χ4v) is 2.20. The molecule has 1 aromatic heterocycles. The van der Waals surface area contributed by atoms with Crippen molar-refractivity contribution < 1.29 is 9.18 Å². The van der Waals surface area contributed by atoms with Crippen LogP contribution in [0.15, 0.2) is 36.7 Å². The molecule has 1 heterocycles. The lowest BCUT2D eigenvalue weighted by Crippen LogP contribution is -2.30. The molecule has 0 radical (unpaired) electrons. The second kappa shape index (κ2) is 7.15. The Balaban J connectivity index is 0.000000924. The van der Waals surface area contributed by atoms with Gasteiger partial charge in [-0.25, -0.2) is 20.2 Å². The Kier molecular flexibility index (Phi) is 5.23. The van der Waals surface area contributed by atoms with Gasteiger partial charge in [-0.2, -0.15) is 0 Å². The minimum atomic E-state index is -0.451. The number of nitrogen functional groups attached to an aromatic ring is 1. The van der Waals surface area contributed by atoms with Crippen molar-refractivity contribution in [2.75, 3.05) is 5.32 Å². The van der Waals surface area contributed by atoms with Crippen LogP contribution in [0, 0.1) is 5.82 Å². The Morgan fingerprint density at radius 3 is 2.43 bits per heavy atom. The summed E-state index contributed by atoms with van der Waals surface area (Å²) in [6, 6.07) is 6.48. The van der Waals surface area contributed by atoms with E-state index in [1.807, 2.05) is 25.3 Å². The molecule has 0 bridgehead atoms. The number of nitrogens with one attached hydrogen (secondary N) is 2. The van der Waals surface area contributed by atoms with Gasteiger partial charge in [0.2, 0.25) is 5.95 Å². The molecule has 7 heteroatoms. The van der Waals surface area contributed by atoms with Gasteiger partial charge in [-0.1, -0.05) is 26.0 Å². The fourth-order valence-electron chi connectivity index (χ4n) is 2.20. The van der Waals surface area contributed by atoms with Crippen molar-refractivity contribution in [2.45, 2.75) is 32.2 Å². The molecule has 0 spiro atoms. The van der Waals surface area contributed by atoms with Crippen molar-refractivity contribution in [1.29, 1.82) is 0 Å². The molecule has 1 aliphatic rings. The van der Waals surface area contributed by atoms with Crippen LogP contribution in [-0.4, -0.2) is 15.9 Å². The summed E-state index contributed by atoms with van der Waals surface area (Å²) in [5.41, 5.74) is 2.84. The molecule has 1 fully saturated rings. The minimum absolute atomic E-state index is 0.267. The van der Waals surface area contributed by atoms with E-state index in [9.17, 15) is 9.18 Å². The summed E-state index contributed by atoms with van der Waals surface area (Å²) in [4.78, 5) is 19.5. The first-order valence-corrected chi connectivity index (χ1v) is 7.50. The van der Waals surface area contributed by atoms with Gasteiger partial charge in [-0.15, -0.1) is 0 Å². The van der Waals surface area contributed by atoms with Crippen molar-refractivity contribution in [3.8, 4) is 0 Å². The highest BCUT2D eigenvalue weighted by molar-refractivity contribution is 5.93. The normalized spacial score (nSPS) is 14.3. The number of nitrogens with two attached hydrogens (primary N) is 1. The summed E-state index contributed by atoms with van der Waals surface area (Å²) in [6.07, 6.45) is 4.54. The number of carbonyl (C=O) groups excluding carboxylic acids is 1. The average Bonchev–Trinajstić information content (AvgIpc) is 3.37. The van der Waals surface area contributed by atoms with E-state index in [4.69, 9.17) is 5.84 Å². The number of carbonyl (C=O) groups is 1. The summed E-state index contributed by atoms with van der Waals surface area (Å²) in [7, 11) is 0. The maximum atomic E-state index is 13.3. The van der Waals surface area contributed by atoms with Crippen LogP contribution in [0.5, 0.6) is 0 Å². The maximum Gasteiger partial charge on any atom is 0.268 e. The minimum Gasteiger partial charge on any atom is -0.345 e. The van der Waals surface area contributed by atoms with E-state index < -0.39 is 5.91 Å². The molecule has 23 heavy (non-hydrogen) atoms. The van der Waals surface area contributed by atoms with E-state index >= 15 is 0 Å².